The van der Waals surface area contributed by atoms with E-state index in [-0.39, 0.29) is 25.1 Å². The molecule has 0 aromatic heterocycles. The molecule has 1 rings (SSSR count). The van der Waals surface area contributed by atoms with E-state index in [9.17, 15) is 9.50 Å². The molecule has 17 heavy (non-hydrogen) atoms. The molecule has 0 saturated carbocycles. The minimum absolute atomic E-state index is 0.0832. The molecule has 0 fully saturated rings. The van der Waals surface area contributed by atoms with Gasteiger partial charge in [0.05, 0.1) is 24.5 Å². The van der Waals surface area contributed by atoms with Crippen LogP contribution in [0.25, 0.3) is 0 Å². The van der Waals surface area contributed by atoms with Crippen molar-refractivity contribution >= 4 is 5.69 Å². The fourth-order valence-electron chi connectivity index (χ4n) is 1.44. The van der Waals surface area contributed by atoms with Gasteiger partial charge in [-0.1, -0.05) is 12.1 Å². The van der Waals surface area contributed by atoms with E-state index in [1.54, 1.807) is 6.07 Å². The van der Waals surface area contributed by atoms with Crippen molar-refractivity contribution in [3.05, 3.63) is 29.6 Å². The van der Waals surface area contributed by atoms with E-state index in [1.807, 2.05) is 26.8 Å². The topological polar surface area (TPSA) is 41.5 Å². The Bertz CT molecular complexity index is 335. The van der Waals surface area contributed by atoms with Crippen LogP contribution in [-0.4, -0.2) is 30.5 Å². The van der Waals surface area contributed by atoms with Gasteiger partial charge in [0, 0.05) is 6.54 Å². The molecule has 1 aromatic rings. The Morgan fingerprint density at radius 2 is 2.12 bits per heavy atom. The third-order valence-corrected chi connectivity index (χ3v) is 2.36. The molecule has 1 atom stereocenters. The van der Waals surface area contributed by atoms with Crippen LogP contribution < -0.4 is 5.32 Å². The van der Waals surface area contributed by atoms with Gasteiger partial charge in [-0.25, -0.2) is 4.39 Å². The number of anilines is 1. The van der Waals surface area contributed by atoms with Crippen molar-refractivity contribution in [3.8, 4) is 0 Å². The van der Waals surface area contributed by atoms with E-state index in [1.165, 1.54) is 6.07 Å². The van der Waals surface area contributed by atoms with Crippen LogP contribution >= 0.6 is 0 Å². The number of hydrogen-bond donors (Lipinski definition) is 2. The molecule has 0 saturated heterocycles. The van der Waals surface area contributed by atoms with E-state index in [4.69, 9.17) is 4.74 Å². The van der Waals surface area contributed by atoms with Gasteiger partial charge in [-0.2, -0.15) is 0 Å². The molecule has 3 nitrogen and oxygen atoms in total. The summed E-state index contributed by atoms with van der Waals surface area (Å²) < 4.78 is 18.7. The van der Waals surface area contributed by atoms with Gasteiger partial charge in [-0.05, 0) is 32.4 Å². The molecular weight excluding hydrogens is 221 g/mol. The Kier molecular flexibility index (Phi) is 5.38. The number of para-hydroxylation sites is 1. The Morgan fingerprint density at radius 3 is 2.71 bits per heavy atom. The van der Waals surface area contributed by atoms with E-state index in [0.717, 1.165) is 5.56 Å². The molecule has 0 aliphatic rings. The number of aliphatic hydroxyl groups excluding tert-OH is 1. The molecule has 1 unspecified atom stereocenters. The van der Waals surface area contributed by atoms with Crippen molar-refractivity contribution in [3.63, 3.8) is 0 Å². The normalized spacial score (nSPS) is 12.8. The number of hydrogen-bond acceptors (Lipinski definition) is 3. The first-order valence-electron chi connectivity index (χ1n) is 5.79. The molecule has 0 aliphatic carbocycles. The number of benzene rings is 1. The first-order valence-corrected chi connectivity index (χ1v) is 5.79. The molecule has 0 radical (unpaired) electrons. The zero-order valence-electron chi connectivity index (χ0n) is 10.5. The van der Waals surface area contributed by atoms with Crippen molar-refractivity contribution in [2.24, 2.45) is 0 Å². The van der Waals surface area contributed by atoms with Gasteiger partial charge in [-0.15, -0.1) is 0 Å². The fraction of sp³-hybridized carbons (Fsp3) is 0.538. The molecule has 96 valence electrons. The highest BCUT2D eigenvalue weighted by Gasteiger charge is 2.09. The summed E-state index contributed by atoms with van der Waals surface area (Å²) in [5.41, 5.74) is 1.26. The number of rotatable bonds is 6. The van der Waals surface area contributed by atoms with Gasteiger partial charge in [0.1, 0.15) is 5.82 Å². The largest absolute Gasteiger partial charge is 0.389 e. The zero-order valence-corrected chi connectivity index (χ0v) is 10.5. The summed E-state index contributed by atoms with van der Waals surface area (Å²) in [5.74, 6) is -0.304. The lowest BCUT2D eigenvalue weighted by Crippen LogP contribution is -2.26. The minimum atomic E-state index is -0.642. The van der Waals surface area contributed by atoms with Crippen molar-refractivity contribution in [2.75, 3.05) is 18.5 Å². The highest BCUT2D eigenvalue weighted by Crippen LogP contribution is 2.18. The number of nitrogens with one attached hydrogen (secondary N) is 1. The number of ether oxygens (including phenoxy) is 1. The summed E-state index contributed by atoms with van der Waals surface area (Å²) in [7, 11) is 0. The first kappa shape index (κ1) is 13.9. The Balaban J connectivity index is 2.44. The summed E-state index contributed by atoms with van der Waals surface area (Å²) in [6.45, 7) is 6.15. The molecule has 2 N–H and O–H groups in total. The highest BCUT2D eigenvalue weighted by molar-refractivity contribution is 5.51. The summed E-state index contributed by atoms with van der Waals surface area (Å²) >= 11 is 0. The van der Waals surface area contributed by atoms with Crippen LogP contribution in [-0.2, 0) is 4.74 Å². The lowest BCUT2D eigenvalue weighted by Gasteiger charge is -2.16. The molecule has 4 heteroatoms. The molecule has 1 aromatic carbocycles. The molecule has 0 heterocycles. The third-order valence-electron chi connectivity index (χ3n) is 2.36. The van der Waals surface area contributed by atoms with Crippen LogP contribution in [0.3, 0.4) is 0 Å². The second-order valence-corrected chi connectivity index (χ2v) is 4.35. The van der Waals surface area contributed by atoms with E-state index < -0.39 is 6.10 Å². The quantitative estimate of drug-likeness (QED) is 0.803. The summed E-state index contributed by atoms with van der Waals surface area (Å²) in [5, 5.41) is 12.5. The zero-order chi connectivity index (χ0) is 12.8. The molecule has 0 bridgehead atoms. The molecule has 0 aliphatic heterocycles. The number of halogens is 1. The Labute approximate surface area is 102 Å². The van der Waals surface area contributed by atoms with Gasteiger partial charge in [-0.3, -0.25) is 0 Å². The Hall–Kier alpha value is -1.13. The fourth-order valence-corrected chi connectivity index (χ4v) is 1.44. The predicted molar refractivity (Wildman–Crippen MR) is 66.7 cm³/mol. The van der Waals surface area contributed by atoms with Gasteiger partial charge < -0.3 is 15.2 Å². The molecule has 0 spiro atoms. The second-order valence-electron chi connectivity index (χ2n) is 4.35. The maximum atomic E-state index is 13.4. The second kappa shape index (κ2) is 6.57. The molecular formula is C13H20FNO2. The van der Waals surface area contributed by atoms with Gasteiger partial charge >= 0.3 is 0 Å². The van der Waals surface area contributed by atoms with Crippen LogP contribution in [0.15, 0.2) is 18.2 Å². The Morgan fingerprint density at radius 1 is 1.41 bits per heavy atom. The lowest BCUT2D eigenvalue weighted by molar-refractivity contribution is 0.0112. The van der Waals surface area contributed by atoms with Crippen LogP contribution in [0.2, 0.25) is 0 Å². The highest BCUT2D eigenvalue weighted by atomic mass is 19.1. The average molecular weight is 241 g/mol. The van der Waals surface area contributed by atoms with Gasteiger partial charge in [0.15, 0.2) is 0 Å². The first-order chi connectivity index (χ1) is 8.00. The van der Waals surface area contributed by atoms with Crippen LogP contribution in [0.1, 0.15) is 19.4 Å². The van der Waals surface area contributed by atoms with Crippen molar-refractivity contribution in [1.82, 2.24) is 0 Å². The minimum Gasteiger partial charge on any atom is -0.389 e. The van der Waals surface area contributed by atoms with Crippen LogP contribution in [0.4, 0.5) is 10.1 Å². The van der Waals surface area contributed by atoms with Crippen molar-refractivity contribution in [1.29, 1.82) is 0 Å². The maximum absolute atomic E-state index is 13.4. The van der Waals surface area contributed by atoms with E-state index >= 15 is 0 Å². The van der Waals surface area contributed by atoms with Crippen LogP contribution in [0.5, 0.6) is 0 Å². The SMILES string of the molecule is Cc1cccc(F)c1NCC(O)COC(C)C. The standard InChI is InChI=1S/C13H20FNO2/c1-9(2)17-8-11(16)7-15-13-10(3)5-4-6-12(13)14/h4-6,9,11,15-16H,7-8H2,1-3H3. The number of aliphatic hydroxyl groups is 1. The van der Waals surface area contributed by atoms with Gasteiger partial charge in [0.25, 0.3) is 0 Å². The summed E-state index contributed by atoms with van der Waals surface area (Å²) in [4.78, 5) is 0. The molecule has 0 amide bonds. The monoisotopic (exact) mass is 241 g/mol. The average Bonchev–Trinajstić information content (AvgIpc) is 2.25. The van der Waals surface area contributed by atoms with E-state index in [0.29, 0.717) is 5.69 Å². The number of aryl methyl sites for hydroxylation is 1. The summed E-state index contributed by atoms with van der Waals surface area (Å²) in [6.07, 6.45) is -0.559. The van der Waals surface area contributed by atoms with Gasteiger partial charge in [0.2, 0.25) is 0 Å². The summed E-state index contributed by atoms with van der Waals surface area (Å²) in [6, 6.07) is 4.88. The lowest BCUT2D eigenvalue weighted by atomic mass is 10.2. The van der Waals surface area contributed by atoms with Crippen molar-refractivity contribution < 1.29 is 14.2 Å². The predicted octanol–water partition coefficient (Wildman–Crippen LogP) is 2.33. The van der Waals surface area contributed by atoms with E-state index in [2.05, 4.69) is 5.32 Å². The maximum Gasteiger partial charge on any atom is 0.146 e. The van der Waals surface area contributed by atoms with Crippen LogP contribution in [0, 0.1) is 12.7 Å². The smallest absolute Gasteiger partial charge is 0.146 e. The van der Waals surface area contributed by atoms with Crippen molar-refractivity contribution in [2.45, 2.75) is 33.0 Å². The third kappa shape index (κ3) is 4.71.